The molecule has 2 saturated carbocycles. The summed E-state index contributed by atoms with van der Waals surface area (Å²) in [7, 11) is 0. The summed E-state index contributed by atoms with van der Waals surface area (Å²) in [5, 5.41) is 0. The third kappa shape index (κ3) is 0.962. The van der Waals surface area contributed by atoms with Crippen molar-refractivity contribution >= 4 is 0 Å². The van der Waals surface area contributed by atoms with Crippen LogP contribution in [0.15, 0.2) is 0 Å². The molecule has 0 aromatic carbocycles. The van der Waals surface area contributed by atoms with Crippen LogP contribution in [-0.4, -0.2) is 19.3 Å². The predicted molar refractivity (Wildman–Crippen MR) is 51.3 cm³/mol. The maximum atomic E-state index is 6.35. The Hall–Kier alpha value is -0.0800. The van der Waals surface area contributed by atoms with Gasteiger partial charge in [0.05, 0.1) is 6.61 Å². The maximum Gasteiger partial charge on any atom is 0.0540 e. The molecular formula is C11H19NO. The molecule has 3 rings (SSSR count). The summed E-state index contributed by atoms with van der Waals surface area (Å²) < 4.78 is 5.65. The van der Waals surface area contributed by atoms with Gasteiger partial charge in [-0.1, -0.05) is 0 Å². The fraction of sp³-hybridized carbons (Fsp3) is 1.00. The molecule has 3 fully saturated rings. The Balaban J connectivity index is 1.88. The van der Waals surface area contributed by atoms with E-state index < -0.39 is 0 Å². The van der Waals surface area contributed by atoms with Gasteiger partial charge in [0, 0.05) is 18.1 Å². The van der Waals surface area contributed by atoms with E-state index >= 15 is 0 Å². The summed E-state index contributed by atoms with van der Waals surface area (Å²) in [6.07, 6.45) is 6.76. The standard InChI is InChI=1S/C11H19NO/c12-10-8-2-3-9(6-8)11(10)4-1-5-13-7-11/h8-10H,1-7,12H2/t8?,9-,10+,11?/m0/s1. The van der Waals surface area contributed by atoms with Crippen LogP contribution >= 0.6 is 0 Å². The minimum atomic E-state index is 0.404. The number of hydrogen-bond donors (Lipinski definition) is 1. The molecule has 74 valence electrons. The Kier molecular flexibility index (Phi) is 1.72. The largest absolute Gasteiger partial charge is 0.381 e. The van der Waals surface area contributed by atoms with Crippen LogP contribution in [0.1, 0.15) is 32.1 Å². The number of fused-ring (bicyclic) bond motifs is 3. The first-order chi connectivity index (χ1) is 6.33. The van der Waals surface area contributed by atoms with Gasteiger partial charge in [0.2, 0.25) is 0 Å². The van der Waals surface area contributed by atoms with Crippen molar-refractivity contribution in [2.45, 2.75) is 38.1 Å². The highest BCUT2D eigenvalue weighted by molar-refractivity contribution is 5.09. The van der Waals surface area contributed by atoms with E-state index in [1.54, 1.807) is 0 Å². The smallest absolute Gasteiger partial charge is 0.0540 e. The lowest BCUT2D eigenvalue weighted by Gasteiger charge is -2.44. The monoisotopic (exact) mass is 181 g/mol. The van der Waals surface area contributed by atoms with Crippen LogP contribution in [0.4, 0.5) is 0 Å². The average molecular weight is 181 g/mol. The fourth-order valence-corrected chi connectivity index (χ4v) is 4.03. The summed E-state index contributed by atoms with van der Waals surface area (Å²) in [5.74, 6) is 1.72. The molecule has 0 aromatic heterocycles. The highest BCUT2D eigenvalue weighted by Gasteiger charge is 2.56. The summed E-state index contributed by atoms with van der Waals surface area (Å²) >= 11 is 0. The molecule has 0 amide bonds. The van der Waals surface area contributed by atoms with Gasteiger partial charge in [-0.05, 0) is 43.9 Å². The molecule has 0 radical (unpaired) electrons. The molecule has 0 aromatic rings. The molecule has 1 aliphatic heterocycles. The Morgan fingerprint density at radius 3 is 2.85 bits per heavy atom. The van der Waals surface area contributed by atoms with Crippen molar-refractivity contribution in [3.05, 3.63) is 0 Å². The lowest BCUT2D eigenvalue weighted by atomic mass is 9.67. The van der Waals surface area contributed by atoms with Crippen molar-refractivity contribution in [3.63, 3.8) is 0 Å². The van der Waals surface area contributed by atoms with E-state index in [2.05, 4.69) is 0 Å². The van der Waals surface area contributed by atoms with Gasteiger partial charge in [-0.3, -0.25) is 0 Å². The van der Waals surface area contributed by atoms with Crippen LogP contribution < -0.4 is 5.73 Å². The van der Waals surface area contributed by atoms with Crippen LogP contribution in [0, 0.1) is 17.3 Å². The van der Waals surface area contributed by atoms with Crippen molar-refractivity contribution in [1.29, 1.82) is 0 Å². The van der Waals surface area contributed by atoms with Gasteiger partial charge in [-0.15, -0.1) is 0 Å². The van der Waals surface area contributed by atoms with Gasteiger partial charge in [-0.25, -0.2) is 0 Å². The van der Waals surface area contributed by atoms with Gasteiger partial charge in [-0.2, -0.15) is 0 Å². The third-order valence-electron chi connectivity index (χ3n) is 4.76. The number of nitrogens with two attached hydrogens (primary N) is 1. The van der Waals surface area contributed by atoms with Crippen LogP contribution in [0.5, 0.6) is 0 Å². The van der Waals surface area contributed by atoms with Crippen LogP contribution in [0.3, 0.4) is 0 Å². The Labute approximate surface area is 79.8 Å². The zero-order valence-corrected chi connectivity index (χ0v) is 8.17. The van der Waals surface area contributed by atoms with Gasteiger partial charge in [0.25, 0.3) is 0 Å². The summed E-state index contributed by atoms with van der Waals surface area (Å²) in [4.78, 5) is 0. The molecule has 13 heavy (non-hydrogen) atoms. The maximum absolute atomic E-state index is 6.35. The fourth-order valence-electron chi connectivity index (χ4n) is 4.03. The first kappa shape index (κ1) is 8.25. The minimum Gasteiger partial charge on any atom is -0.381 e. The summed E-state index contributed by atoms with van der Waals surface area (Å²) in [6, 6.07) is 0.451. The van der Waals surface area contributed by atoms with Crippen molar-refractivity contribution < 1.29 is 4.74 Å². The predicted octanol–water partition coefficient (Wildman–Crippen LogP) is 1.54. The minimum absolute atomic E-state index is 0.404. The van der Waals surface area contributed by atoms with Gasteiger partial charge in [0.1, 0.15) is 0 Å². The van der Waals surface area contributed by atoms with Crippen molar-refractivity contribution in [1.82, 2.24) is 0 Å². The van der Waals surface area contributed by atoms with E-state index in [-0.39, 0.29) is 0 Å². The quantitative estimate of drug-likeness (QED) is 0.615. The van der Waals surface area contributed by atoms with Gasteiger partial charge < -0.3 is 10.5 Å². The molecule has 2 unspecified atom stereocenters. The molecular weight excluding hydrogens is 162 g/mol. The molecule has 2 aliphatic carbocycles. The summed E-state index contributed by atoms with van der Waals surface area (Å²) in [5.41, 5.74) is 6.75. The van der Waals surface area contributed by atoms with Gasteiger partial charge >= 0.3 is 0 Å². The second kappa shape index (κ2) is 2.71. The SMILES string of the molecule is N[C@@H]1C2CC[C@@H](C2)C12CCCOC2. The first-order valence-electron chi connectivity index (χ1n) is 5.66. The van der Waals surface area contributed by atoms with E-state index in [0.29, 0.717) is 11.5 Å². The highest BCUT2D eigenvalue weighted by Crippen LogP contribution is 2.58. The molecule has 2 bridgehead atoms. The van der Waals surface area contributed by atoms with E-state index in [0.717, 1.165) is 25.0 Å². The molecule has 2 nitrogen and oxygen atoms in total. The van der Waals surface area contributed by atoms with Crippen molar-refractivity contribution in [3.8, 4) is 0 Å². The Bertz CT molecular complexity index is 206. The second-order valence-corrected chi connectivity index (χ2v) is 5.19. The van der Waals surface area contributed by atoms with E-state index in [1.165, 1.54) is 32.1 Å². The molecule has 4 atom stereocenters. The molecule has 2 heteroatoms. The van der Waals surface area contributed by atoms with E-state index in [4.69, 9.17) is 10.5 Å². The number of hydrogen-bond acceptors (Lipinski definition) is 2. The normalized spacial score (nSPS) is 54.7. The zero-order chi connectivity index (χ0) is 8.89. The molecule has 1 heterocycles. The number of ether oxygens (including phenoxy) is 1. The van der Waals surface area contributed by atoms with Crippen LogP contribution in [-0.2, 0) is 4.74 Å². The van der Waals surface area contributed by atoms with Gasteiger partial charge in [0.15, 0.2) is 0 Å². The van der Waals surface area contributed by atoms with Crippen LogP contribution in [0.25, 0.3) is 0 Å². The van der Waals surface area contributed by atoms with Crippen molar-refractivity contribution in [2.24, 2.45) is 23.0 Å². The molecule has 3 aliphatic rings. The highest BCUT2D eigenvalue weighted by atomic mass is 16.5. The van der Waals surface area contributed by atoms with E-state index in [1.807, 2.05) is 0 Å². The lowest BCUT2D eigenvalue weighted by Crippen LogP contribution is -2.51. The molecule has 2 N–H and O–H groups in total. The van der Waals surface area contributed by atoms with Crippen LogP contribution in [0.2, 0.25) is 0 Å². The number of rotatable bonds is 0. The average Bonchev–Trinajstić information content (AvgIpc) is 2.73. The zero-order valence-electron chi connectivity index (χ0n) is 8.17. The third-order valence-corrected chi connectivity index (χ3v) is 4.76. The Morgan fingerprint density at radius 1 is 1.31 bits per heavy atom. The topological polar surface area (TPSA) is 35.2 Å². The van der Waals surface area contributed by atoms with E-state index in [9.17, 15) is 0 Å². The first-order valence-corrected chi connectivity index (χ1v) is 5.66. The summed E-state index contributed by atoms with van der Waals surface area (Å²) in [6.45, 7) is 1.92. The Morgan fingerprint density at radius 2 is 2.23 bits per heavy atom. The van der Waals surface area contributed by atoms with Crippen molar-refractivity contribution in [2.75, 3.05) is 13.2 Å². The molecule has 1 saturated heterocycles. The lowest BCUT2D eigenvalue weighted by molar-refractivity contribution is -0.0493. The molecule has 1 spiro atoms. The second-order valence-electron chi connectivity index (χ2n) is 5.19.